The maximum absolute atomic E-state index is 11.0. The first-order chi connectivity index (χ1) is 11.2. The van der Waals surface area contributed by atoms with Crippen molar-refractivity contribution in [3.05, 3.63) is 44.2 Å². The van der Waals surface area contributed by atoms with Crippen molar-refractivity contribution in [2.45, 2.75) is 27.7 Å². The minimum absolute atomic E-state index is 0.298. The van der Waals surface area contributed by atoms with E-state index in [0.717, 1.165) is 30.6 Å². The van der Waals surface area contributed by atoms with Gasteiger partial charge in [0.1, 0.15) is 0 Å². The third kappa shape index (κ3) is 4.01. The van der Waals surface area contributed by atoms with E-state index in [-0.39, 0.29) is 0 Å². The van der Waals surface area contributed by atoms with Crippen LogP contribution in [0.4, 0.5) is 0 Å². The maximum atomic E-state index is 11.0. The minimum atomic E-state index is -0.925. The lowest BCUT2D eigenvalue weighted by Gasteiger charge is -1.96. The van der Waals surface area contributed by atoms with E-state index in [1.807, 2.05) is 26.0 Å². The fourth-order valence-corrected chi connectivity index (χ4v) is 4.77. The molecule has 2 rings (SSSR count). The molecule has 126 valence electrons. The molecule has 0 aliphatic rings. The highest BCUT2D eigenvalue weighted by Gasteiger charge is 2.14. The molecule has 0 aliphatic carbocycles. The van der Waals surface area contributed by atoms with Crippen LogP contribution in [0, 0.1) is 13.8 Å². The maximum Gasteiger partial charge on any atom is 0.331 e. The molecule has 0 amide bonds. The molecule has 0 bridgehead atoms. The predicted octanol–water partition coefficient (Wildman–Crippen LogP) is 5.07. The molecule has 0 saturated carbocycles. The van der Waals surface area contributed by atoms with Crippen molar-refractivity contribution in [3.8, 4) is 9.75 Å². The normalized spacial score (nSPS) is 12.5. The van der Waals surface area contributed by atoms with Gasteiger partial charge in [-0.05, 0) is 63.1 Å². The van der Waals surface area contributed by atoms with E-state index in [1.165, 1.54) is 0 Å². The molecule has 0 fully saturated rings. The van der Waals surface area contributed by atoms with Gasteiger partial charge < -0.3 is 10.2 Å². The number of carboxylic acids is 2. The molecule has 0 aliphatic heterocycles. The van der Waals surface area contributed by atoms with E-state index in [9.17, 15) is 9.59 Å². The van der Waals surface area contributed by atoms with Crippen LogP contribution in [0.25, 0.3) is 21.9 Å². The molecule has 0 unspecified atom stereocenters. The Kier molecular flexibility index (Phi) is 5.41. The fraction of sp³-hybridized carbons (Fsp3) is 0.222. The van der Waals surface area contributed by atoms with Gasteiger partial charge in [0.25, 0.3) is 0 Å². The number of aliphatic carboxylic acids is 2. The van der Waals surface area contributed by atoms with Crippen molar-refractivity contribution in [1.29, 1.82) is 0 Å². The zero-order valence-corrected chi connectivity index (χ0v) is 15.5. The summed E-state index contributed by atoms with van der Waals surface area (Å²) in [6.07, 6.45) is 3.34. The smallest absolute Gasteiger partial charge is 0.331 e. The number of aryl methyl sites for hydroxylation is 2. The van der Waals surface area contributed by atoms with Crippen LogP contribution in [-0.2, 0) is 9.59 Å². The van der Waals surface area contributed by atoms with E-state index in [2.05, 4.69) is 0 Å². The van der Waals surface area contributed by atoms with Gasteiger partial charge in [-0.2, -0.15) is 0 Å². The zero-order chi connectivity index (χ0) is 18.0. The van der Waals surface area contributed by atoms with E-state index < -0.39 is 11.9 Å². The summed E-state index contributed by atoms with van der Waals surface area (Å²) >= 11 is 3.09. The second kappa shape index (κ2) is 7.15. The highest BCUT2D eigenvalue weighted by atomic mass is 32.1. The fourth-order valence-electron chi connectivity index (χ4n) is 2.16. The molecule has 2 heterocycles. The van der Waals surface area contributed by atoms with Gasteiger partial charge in [-0.15, -0.1) is 22.7 Å². The predicted molar refractivity (Wildman–Crippen MR) is 99.7 cm³/mol. The van der Waals surface area contributed by atoms with Crippen molar-refractivity contribution < 1.29 is 19.8 Å². The Morgan fingerprint density at radius 2 is 1.17 bits per heavy atom. The monoisotopic (exact) mass is 362 g/mol. The topological polar surface area (TPSA) is 74.6 Å². The second-order valence-corrected chi connectivity index (χ2v) is 7.75. The van der Waals surface area contributed by atoms with Gasteiger partial charge in [-0.25, -0.2) is 9.59 Å². The third-order valence-corrected chi connectivity index (χ3v) is 6.00. The van der Waals surface area contributed by atoms with Gasteiger partial charge in [0.05, 0.1) is 0 Å². The summed E-state index contributed by atoms with van der Waals surface area (Å²) in [5.74, 6) is -1.85. The molecule has 6 heteroatoms. The first-order valence-electron chi connectivity index (χ1n) is 7.23. The summed E-state index contributed by atoms with van der Waals surface area (Å²) in [5, 5.41) is 18.0. The quantitative estimate of drug-likeness (QED) is 0.728. The van der Waals surface area contributed by atoms with Crippen LogP contribution in [-0.4, -0.2) is 22.2 Å². The number of hydrogen-bond acceptors (Lipinski definition) is 4. The summed E-state index contributed by atoms with van der Waals surface area (Å²) < 4.78 is 0. The average molecular weight is 362 g/mol. The van der Waals surface area contributed by atoms with Crippen LogP contribution in [0.1, 0.15) is 34.7 Å². The standard InChI is InChI=1S/C18H18O4S2/c1-9-5-13(7-11(3)17(19)20)23-15(9)16-10(2)6-14(24-16)8-12(4)18(21)22/h5-8H,1-4H3,(H,19,20)(H,21,22)/b11-7+,12-8+. The van der Waals surface area contributed by atoms with Crippen LogP contribution in [0.5, 0.6) is 0 Å². The van der Waals surface area contributed by atoms with Gasteiger partial charge in [-0.1, -0.05) is 0 Å². The molecule has 0 radical (unpaired) electrons. The van der Waals surface area contributed by atoms with Crippen molar-refractivity contribution in [2.75, 3.05) is 0 Å². The third-order valence-electron chi connectivity index (χ3n) is 3.47. The van der Waals surface area contributed by atoms with Crippen molar-refractivity contribution in [2.24, 2.45) is 0 Å². The van der Waals surface area contributed by atoms with E-state index in [4.69, 9.17) is 10.2 Å². The summed E-state index contributed by atoms with van der Waals surface area (Å²) in [6, 6.07) is 3.95. The number of rotatable bonds is 5. The van der Waals surface area contributed by atoms with Crippen molar-refractivity contribution in [1.82, 2.24) is 0 Å². The van der Waals surface area contributed by atoms with Gasteiger partial charge in [-0.3, -0.25) is 0 Å². The molecule has 2 aromatic rings. The summed E-state index contributed by atoms with van der Waals surface area (Å²) in [5.41, 5.74) is 2.76. The number of carboxylic acid groups (broad SMARTS) is 2. The number of carbonyl (C=O) groups is 2. The van der Waals surface area contributed by atoms with E-state index in [1.54, 1.807) is 48.7 Å². The lowest BCUT2D eigenvalue weighted by molar-refractivity contribution is -0.133. The van der Waals surface area contributed by atoms with Crippen molar-refractivity contribution >= 4 is 46.8 Å². The van der Waals surface area contributed by atoms with Gasteiger partial charge in [0.2, 0.25) is 0 Å². The van der Waals surface area contributed by atoms with Crippen LogP contribution in [0.3, 0.4) is 0 Å². The number of thiophene rings is 2. The van der Waals surface area contributed by atoms with E-state index in [0.29, 0.717) is 11.1 Å². The Bertz CT molecular complexity index is 793. The summed E-state index contributed by atoms with van der Waals surface area (Å²) in [6.45, 7) is 7.14. The Balaban J connectivity index is 2.43. The number of hydrogen-bond donors (Lipinski definition) is 2. The first kappa shape index (κ1) is 18.2. The molecule has 0 aromatic carbocycles. The molecule has 2 N–H and O–H groups in total. The lowest BCUT2D eigenvalue weighted by atomic mass is 10.1. The molecule has 4 nitrogen and oxygen atoms in total. The molecular weight excluding hydrogens is 344 g/mol. The largest absolute Gasteiger partial charge is 0.478 e. The highest BCUT2D eigenvalue weighted by molar-refractivity contribution is 7.23. The lowest BCUT2D eigenvalue weighted by Crippen LogP contribution is -1.94. The van der Waals surface area contributed by atoms with Gasteiger partial charge in [0, 0.05) is 30.7 Å². The summed E-state index contributed by atoms with van der Waals surface area (Å²) in [4.78, 5) is 25.9. The highest BCUT2D eigenvalue weighted by Crippen LogP contribution is 2.40. The van der Waals surface area contributed by atoms with Crippen LogP contribution >= 0.6 is 22.7 Å². The first-order valence-corrected chi connectivity index (χ1v) is 8.86. The van der Waals surface area contributed by atoms with Gasteiger partial charge in [0.15, 0.2) is 0 Å². The molecule has 0 saturated heterocycles. The molecule has 0 atom stereocenters. The zero-order valence-electron chi connectivity index (χ0n) is 13.8. The van der Waals surface area contributed by atoms with Crippen molar-refractivity contribution in [3.63, 3.8) is 0 Å². The molecular formula is C18H18O4S2. The Labute approximate surface area is 148 Å². The second-order valence-electron chi connectivity index (χ2n) is 5.59. The van der Waals surface area contributed by atoms with Crippen LogP contribution in [0.15, 0.2) is 23.3 Å². The Hall–Kier alpha value is -2.18. The SMILES string of the molecule is C/C(=C\c1cc(C)c(-c2sc(/C=C(\C)C(=O)O)cc2C)s1)C(=O)O. The molecule has 2 aromatic heterocycles. The van der Waals surface area contributed by atoms with E-state index >= 15 is 0 Å². The summed E-state index contributed by atoms with van der Waals surface area (Å²) in [7, 11) is 0. The van der Waals surface area contributed by atoms with Gasteiger partial charge >= 0.3 is 11.9 Å². The Morgan fingerprint density at radius 1 is 0.833 bits per heavy atom. The molecule has 24 heavy (non-hydrogen) atoms. The minimum Gasteiger partial charge on any atom is -0.478 e. The average Bonchev–Trinajstić information content (AvgIpc) is 3.01. The Morgan fingerprint density at radius 3 is 1.46 bits per heavy atom. The molecule has 0 spiro atoms. The van der Waals surface area contributed by atoms with Crippen LogP contribution < -0.4 is 0 Å². The van der Waals surface area contributed by atoms with Crippen LogP contribution in [0.2, 0.25) is 0 Å².